The van der Waals surface area contributed by atoms with E-state index < -0.39 is 0 Å². The Morgan fingerprint density at radius 2 is 1.93 bits per heavy atom. The maximum atomic E-state index is 12.6. The van der Waals surface area contributed by atoms with E-state index in [0.29, 0.717) is 56.9 Å². The third-order valence-corrected chi connectivity index (χ3v) is 10.4. The number of aromatic nitrogens is 2. The highest BCUT2D eigenvalue weighted by atomic mass is 16.5. The highest BCUT2D eigenvalue weighted by molar-refractivity contribution is 5.97. The minimum absolute atomic E-state index is 0.132. The third-order valence-electron chi connectivity index (χ3n) is 10.4. The van der Waals surface area contributed by atoms with Gasteiger partial charge in [-0.15, -0.1) is 0 Å². The molecule has 45 heavy (non-hydrogen) atoms. The van der Waals surface area contributed by atoms with Gasteiger partial charge >= 0.3 is 6.01 Å². The summed E-state index contributed by atoms with van der Waals surface area (Å²) in [5.74, 6) is 0.726. The highest BCUT2D eigenvalue weighted by Crippen LogP contribution is 2.56. The van der Waals surface area contributed by atoms with E-state index in [-0.39, 0.29) is 18.5 Å². The van der Waals surface area contributed by atoms with Crippen LogP contribution in [0.25, 0.3) is 15.6 Å². The van der Waals surface area contributed by atoms with Crippen molar-refractivity contribution < 1.29 is 14.3 Å². The van der Waals surface area contributed by atoms with Crippen molar-refractivity contribution in [3.8, 4) is 6.01 Å². The summed E-state index contributed by atoms with van der Waals surface area (Å²) in [6.45, 7) is 17.7. The predicted molar refractivity (Wildman–Crippen MR) is 176 cm³/mol. The first kappa shape index (κ1) is 29.5. The lowest BCUT2D eigenvalue weighted by atomic mass is 9.55. The Morgan fingerprint density at radius 3 is 2.69 bits per heavy atom. The summed E-state index contributed by atoms with van der Waals surface area (Å²) in [6.07, 6.45) is 8.92. The molecule has 2 saturated carbocycles. The highest BCUT2D eigenvalue weighted by Gasteiger charge is 2.48. The molecule has 4 aliphatic rings. The fourth-order valence-corrected chi connectivity index (χ4v) is 7.86. The molecular weight excluding hydrogens is 564 g/mol. The SMILES string of the molecule is [C-]#[N+]C[C@H]1CN(c2nc(OCCOC3CC4(CCC4)C3)nc3c2CCN(c2cccc4cccc(C)c24)C3)CCN1C(=O)C=C. The summed E-state index contributed by atoms with van der Waals surface area (Å²) in [5, 5.41) is 2.51. The number of nitrogens with zero attached hydrogens (tertiary/aromatic N) is 6. The summed E-state index contributed by atoms with van der Waals surface area (Å²) in [7, 11) is 0. The number of amides is 1. The van der Waals surface area contributed by atoms with Crippen LogP contribution in [0.4, 0.5) is 11.5 Å². The molecule has 0 radical (unpaired) electrons. The van der Waals surface area contributed by atoms with E-state index in [1.807, 2.05) is 0 Å². The minimum atomic E-state index is -0.231. The number of hydrogen-bond acceptors (Lipinski definition) is 7. The summed E-state index contributed by atoms with van der Waals surface area (Å²) in [5.41, 5.74) is 5.14. The van der Waals surface area contributed by atoms with Gasteiger partial charge in [-0.2, -0.15) is 9.97 Å². The molecule has 0 bridgehead atoms. The summed E-state index contributed by atoms with van der Waals surface area (Å²) < 4.78 is 12.3. The van der Waals surface area contributed by atoms with Crippen molar-refractivity contribution in [1.82, 2.24) is 14.9 Å². The van der Waals surface area contributed by atoms with E-state index in [0.717, 1.165) is 30.0 Å². The molecule has 2 aromatic carbocycles. The van der Waals surface area contributed by atoms with Crippen LogP contribution >= 0.6 is 0 Å². The molecule has 2 aliphatic carbocycles. The Kier molecular flexibility index (Phi) is 8.09. The first-order chi connectivity index (χ1) is 22.0. The van der Waals surface area contributed by atoms with Crippen LogP contribution in [-0.4, -0.2) is 78.9 Å². The molecule has 2 aliphatic heterocycles. The van der Waals surface area contributed by atoms with E-state index >= 15 is 0 Å². The van der Waals surface area contributed by atoms with Gasteiger partial charge in [-0.25, -0.2) is 6.57 Å². The van der Waals surface area contributed by atoms with Crippen LogP contribution in [0, 0.1) is 18.9 Å². The Bertz CT molecular complexity index is 1630. The first-order valence-corrected chi connectivity index (χ1v) is 16.4. The zero-order chi connectivity index (χ0) is 31.0. The van der Waals surface area contributed by atoms with Gasteiger partial charge in [-0.1, -0.05) is 43.3 Å². The second kappa shape index (κ2) is 12.3. The van der Waals surface area contributed by atoms with Crippen LogP contribution in [0.1, 0.15) is 48.9 Å². The Morgan fingerprint density at radius 1 is 1.11 bits per heavy atom. The molecule has 1 saturated heterocycles. The smallest absolute Gasteiger partial charge is 0.318 e. The molecule has 9 heteroatoms. The van der Waals surface area contributed by atoms with Gasteiger partial charge in [0.15, 0.2) is 0 Å². The van der Waals surface area contributed by atoms with Gasteiger partial charge in [-0.05, 0) is 67.5 Å². The molecule has 3 heterocycles. The molecule has 1 amide bonds. The van der Waals surface area contributed by atoms with Crippen molar-refractivity contribution >= 4 is 28.2 Å². The molecule has 234 valence electrons. The van der Waals surface area contributed by atoms with Gasteiger partial charge in [0, 0.05) is 42.8 Å². The van der Waals surface area contributed by atoms with E-state index in [9.17, 15) is 4.79 Å². The van der Waals surface area contributed by atoms with Crippen molar-refractivity contribution in [2.75, 3.05) is 55.7 Å². The van der Waals surface area contributed by atoms with Gasteiger partial charge in [0.1, 0.15) is 18.5 Å². The Hall–Kier alpha value is -4.16. The van der Waals surface area contributed by atoms with Crippen LogP contribution in [0.15, 0.2) is 49.1 Å². The van der Waals surface area contributed by atoms with Crippen LogP contribution in [0.3, 0.4) is 0 Å². The first-order valence-electron chi connectivity index (χ1n) is 16.4. The fourth-order valence-electron chi connectivity index (χ4n) is 7.86. The van der Waals surface area contributed by atoms with Crippen LogP contribution in [0.2, 0.25) is 0 Å². The molecule has 0 N–H and O–H groups in total. The maximum Gasteiger partial charge on any atom is 0.318 e. The van der Waals surface area contributed by atoms with Gasteiger partial charge in [0.05, 0.1) is 24.9 Å². The number of rotatable bonds is 9. The molecule has 0 unspecified atom stereocenters. The standard InChI is InChI=1S/C36H42N6O3/c1-4-32(43)42-17-16-41(23-27(42)22-37-3)34-29-12-15-40(31-11-6-10-26-9-5-8-25(2)33(26)31)24-30(29)38-35(39-34)45-19-18-44-28-20-36(21-28)13-7-14-36/h4-6,8-11,27-28H,1,7,12-24H2,2H3/t27-/m0/s1. The fraction of sp³-hybridized carbons (Fsp3) is 0.500. The Labute approximate surface area is 265 Å². The van der Waals surface area contributed by atoms with Crippen molar-refractivity contribution in [2.24, 2.45) is 5.41 Å². The lowest BCUT2D eigenvalue weighted by Crippen LogP contribution is -2.56. The maximum absolute atomic E-state index is 12.6. The quantitative estimate of drug-likeness (QED) is 0.185. The van der Waals surface area contributed by atoms with Crippen molar-refractivity contribution in [3.05, 3.63) is 77.3 Å². The molecule has 9 nitrogen and oxygen atoms in total. The molecule has 1 atom stereocenters. The summed E-state index contributed by atoms with van der Waals surface area (Å²) in [6, 6.07) is 13.1. The van der Waals surface area contributed by atoms with Crippen LogP contribution in [-0.2, 0) is 22.5 Å². The number of anilines is 2. The normalized spacial score (nSPS) is 20.7. The number of hydrogen-bond donors (Lipinski definition) is 0. The topological polar surface area (TPSA) is 75.4 Å². The van der Waals surface area contributed by atoms with Crippen LogP contribution in [0.5, 0.6) is 6.01 Å². The molecule has 3 aromatic rings. The van der Waals surface area contributed by atoms with E-state index in [1.54, 1.807) is 4.90 Å². The number of piperazine rings is 1. The Balaban J connectivity index is 1.14. The number of fused-ring (bicyclic) bond motifs is 2. The number of ether oxygens (including phenoxy) is 2. The molecule has 7 rings (SSSR count). The molecule has 3 fully saturated rings. The molecular formula is C36H42N6O3. The monoisotopic (exact) mass is 606 g/mol. The van der Waals surface area contributed by atoms with E-state index in [2.05, 4.69) is 64.5 Å². The average molecular weight is 607 g/mol. The van der Waals surface area contributed by atoms with Gasteiger partial charge < -0.3 is 29.0 Å². The second-order valence-corrected chi connectivity index (χ2v) is 13.2. The zero-order valence-electron chi connectivity index (χ0n) is 26.2. The van der Waals surface area contributed by atoms with Gasteiger partial charge in [0.2, 0.25) is 12.5 Å². The largest absolute Gasteiger partial charge is 0.461 e. The van der Waals surface area contributed by atoms with Gasteiger partial charge in [0.25, 0.3) is 0 Å². The van der Waals surface area contributed by atoms with Crippen LogP contribution < -0.4 is 14.5 Å². The van der Waals surface area contributed by atoms with Crippen molar-refractivity contribution in [3.63, 3.8) is 0 Å². The van der Waals surface area contributed by atoms with Crippen molar-refractivity contribution in [1.29, 1.82) is 0 Å². The zero-order valence-corrected chi connectivity index (χ0v) is 26.2. The minimum Gasteiger partial charge on any atom is -0.461 e. The number of carbonyl (C=O) groups is 1. The third kappa shape index (κ3) is 5.72. The lowest BCUT2D eigenvalue weighted by molar-refractivity contribution is -0.128. The van der Waals surface area contributed by atoms with E-state index in [4.69, 9.17) is 26.0 Å². The lowest BCUT2D eigenvalue weighted by Gasteiger charge is -2.53. The number of carbonyl (C=O) groups excluding carboxylic acids is 1. The van der Waals surface area contributed by atoms with E-state index in [1.165, 1.54) is 60.2 Å². The predicted octanol–water partition coefficient (Wildman–Crippen LogP) is 5.35. The molecule has 1 aromatic heterocycles. The summed E-state index contributed by atoms with van der Waals surface area (Å²) >= 11 is 0. The van der Waals surface area contributed by atoms with Gasteiger partial charge in [-0.3, -0.25) is 4.79 Å². The summed E-state index contributed by atoms with van der Waals surface area (Å²) in [4.78, 5) is 32.6. The van der Waals surface area contributed by atoms with Crippen molar-refractivity contribution in [2.45, 2.75) is 64.1 Å². The number of benzene rings is 2. The number of aryl methyl sites for hydroxylation is 1. The molecule has 1 spiro atoms. The average Bonchev–Trinajstić information content (AvgIpc) is 3.02. The second-order valence-electron chi connectivity index (χ2n) is 13.2.